The Kier molecular flexibility index (Phi) is 4.12. The zero-order valence-electron chi connectivity index (χ0n) is 15.5. The van der Waals surface area contributed by atoms with Crippen LogP contribution >= 0.6 is 0 Å². The van der Waals surface area contributed by atoms with Gasteiger partial charge in [0.15, 0.2) is 5.82 Å². The van der Waals surface area contributed by atoms with Gasteiger partial charge < -0.3 is 14.4 Å². The van der Waals surface area contributed by atoms with E-state index in [9.17, 15) is 0 Å². The number of fused-ring (bicyclic) bond motifs is 1. The molecule has 2 atom stereocenters. The van der Waals surface area contributed by atoms with Gasteiger partial charge in [-0.05, 0) is 17.9 Å². The number of nitrogens with zero attached hydrogens (tertiary/aromatic N) is 8. The van der Waals surface area contributed by atoms with Crippen LogP contribution in [0.3, 0.4) is 0 Å². The SMILES string of the molecule is Cn1cncc1CCN1CC2CN(c3cc(-n4cccn4)ncn3)CC2C1. The van der Waals surface area contributed by atoms with Gasteiger partial charge in [-0.2, -0.15) is 5.10 Å². The molecular weight excluding hydrogens is 340 g/mol. The van der Waals surface area contributed by atoms with Gasteiger partial charge in [0.2, 0.25) is 0 Å². The summed E-state index contributed by atoms with van der Waals surface area (Å²) in [7, 11) is 2.07. The van der Waals surface area contributed by atoms with E-state index in [2.05, 4.69) is 41.5 Å². The monoisotopic (exact) mass is 364 g/mol. The minimum absolute atomic E-state index is 0.722. The first-order chi connectivity index (χ1) is 13.3. The topological polar surface area (TPSA) is 67.9 Å². The first kappa shape index (κ1) is 16.4. The van der Waals surface area contributed by atoms with Crippen LogP contribution in [0.2, 0.25) is 0 Å². The number of imidazole rings is 1. The lowest BCUT2D eigenvalue weighted by Crippen LogP contribution is -2.30. The number of aromatic nitrogens is 6. The second-order valence-corrected chi connectivity index (χ2v) is 7.62. The van der Waals surface area contributed by atoms with Crippen LogP contribution in [0.15, 0.2) is 43.4 Å². The van der Waals surface area contributed by atoms with Crippen molar-refractivity contribution in [3.05, 3.63) is 49.1 Å². The second kappa shape index (κ2) is 6.77. The predicted molar refractivity (Wildman–Crippen MR) is 102 cm³/mol. The van der Waals surface area contributed by atoms with Crippen molar-refractivity contribution in [3.63, 3.8) is 0 Å². The molecule has 0 bridgehead atoms. The van der Waals surface area contributed by atoms with E-state index in [1.807, 2.05) is 30.9 Å². The average molecular weight is 364 g/mol. The summed E-state index contributed by atoms with van der Waals surface area (Å²) in [5.74, 6) is 3.27. The minimum atomic E-state index is 0.722. The number of likely N-dealkylation sites (tertiary alicyclic amines) is 1. The van der Waals surface area contributed by atoms with Gasteiger partial charge in [-0.25, -0.2) is 19.6 Å². The van der Waals surface area contributed by atoms with E-state index < -0.39 is 0 Å². The fourth-order valence-corrected chi connectivity index (χ4v) is 4.40. The van der Waals surface area contributed by atoms with Crippen molar-refractivity contribution in [1.82, 2.24) is 34.2 Å². The molecule has 0 aliphatic carbocycles. The van der Waals surface area contributed by atoms with Gasteiger partial charge in [0.25, 0.3) is 0 Å². The summed E-state index contributed by atoms with van der Waals surface area (Å²) in [6, 6.07) is 3.94. The Bertz CT molecular complexity index is 888. The predicted octanol–water partition coefficient (Wildman–Crippen LogP) is 1.01. The van der Waals surface area contributed by atoms with Gasteiger partial charge in [-0.3, -0.25) is 0 Å². The zero-order valence-corrected chi connectivity index (χ0v) is 15.5. The molecule has 8 nitrogen and oxygen atoms in total. The molecule has 2 aliphatic rings. The van der Waals surface area contributed by atoms with Crippen LogP contribution in [0.25, 0.3) is 5.82 Å². The van der Waals surface area contributed by atoms with Crippen molar-refractivity contribution >= 4 is 5.82 Å². The fourth-order valence-electron chi connectivity index (χ4n) is 4.40. The molecule has 2 aliphatic heterocycles. The molecule has 3 aromatic heterocycles. The van der Waals surface area contributed by atoms with Gasteiger partial charge in [-0.15, -0.1) is 0 Å². The highest BCUT2D eigenvalue weighted by Gasteiger charge is 2.40. The molecule has 2 unspecified atom stereocenters. The molecule has 3 aromatic rings. The van der Waals surface area contributed by atoms with E-state index in [-0.39, 0.29) is 0 Å². The third-order valence-corrected chi connectivity index (χ3v) is 5.86. The largest absolute Gasteiger partial charge is 0.356 e. The van der Waals surface area contributed by atoms with Crippen molar-refractivity contribution < 1.29 is 0 Å². The summed E-state index contributed by atoms with van der Waals surface area (Å²) in [5.41, 5.74) is 1.31. The summed E-state index contributed by atoms with van der Waals surface area (Å²) >= 11 is 0. The van der Waals surface area contributed by atoms with E-state index in [1.165, 1.54) is 18.8 Å². The van der Waals surface area contributed by atoms with Crippen LogP contribution in [0.4, 0.5) is 5.82 Å². The van der Waals surface area contributed by atoms with Gasteiger partial charge in [0, 0.05) is 76.5 Å². The van der Waals surface area contributed by atoms with Crippen molar-refractivity contribution in [2.45, 2.75) is 6.42 Å². The fraction of sp³-hybridized carbons (Fsp3) is 0.474. The maximum atomic E-state index is 4.51. The zero-order chi connectivity index (χ0) is 18.2. The van der Waals surface area contributed by atoms with Crippen LogP contribution in [0.1, 0.15) is 5.69 Å². The van der Waals surface area contributed by atoms with Crippen molar-refractivity contribution in [1.29, 1.82) is 0 Å². The second-order valence-electron chi connectivity index (χ2n) is 7.62. The summed E-state index contributed by atoms with van der Waals surface area (Å²) in [6.07, 6.45) is 10.2. The van der Waals surface area contributed by atoms with E-state index in [0.717, 1.165) is 49.5 Å². The molecule has 140 valence electrons. The highest BCUT2D eigenvalue weighted by Crippen LogP contribution is 2.33. The quantitative estimate of drug-likeness (QED) is 0.673. The number of hydrogen-bond donors (Lipinski definition) is 0. The van der Waals surface area contributed by atoms with E-state index in [0.29, 0.717) is 0 Å². The number of aryl methyl sites for hydroxylation is 1. The summed E-state index contributed by atoms with van der Waals surface area (Å²) in [5, 5.41) is 4.26. The standard InChI is InChI=1S/C19H24N8/c1-24-14-20-8-17(24)3-6-25-9-15-11-26(12-16(15)10-25)18-7-19(22-13-21-18)27-5-2-4-23-27/h2,4-5,7-8,13-16H,3,6,9-12H2,1H3. The lowest BCUT2D eigenvalue weighted by molar-refractivity contribution is 0.318. The first-order valence-electron chi connectivity index (χ1n) is 9.51. The van der Waals surface area contributed by atoms with Gasteiger partial charge in [-0.1, -0.05) is 0 Å². The molecule has 0 spiro atoms. The lowest BCUT2D eigenvalue weighted by Gasteiger charge is -2.22. The third-order valence-electron chi connectivity index (χ3n) is 5.86. The first-order valence-corrected chi connectivity index (χ1v) is 9.51. The molecule has 0 saturated carbocycles. The van der Waals surface area contributed by atoms with E-state index in [1.54, 1.807) is 17.2 Å². The van der Waals surface area contributed by atoms with Gasteiger partial charge >= 0.3 is 0 Å². The molecule has 8 heteroatoms. The molecular formula is C19H24N8. The Hall–Kier alpha value is -2.74. The van der Waals surface area contributed by atoms with Crippen LogP contribution < -0.4 is 4.90 Å². The van der Waals surface area contributed by atoms with Crippen molar-refractivity contribution in [3.8, 4) is 5.82 Å². The number of rotatable bonds is 5. The van der Waals surface area contributed by atoms with Crippen LogP contribution in [0.5, 0.6) is 0 Å². The molecule has 0 radical (unpaired) electrons. The van der Waals surface area contributed by atoms with Crippen LogP contribution in [-0.2, 0) is 13.5 Å². The smallest absolute Gasteiger partial charge is 0.158 e. The number of hydrogen-bond acceptors (Lipinski definition) is 6. The molecule has 0 N–H and O–H groups in total. The summed E-state index contributed by atoms with van der Waals surface area (Å²) < 4.78 is 3.90. The highest BCUT2D eigenvalue weighted by molar-refractivity contribution is 5.44. The van der Waals surface area contributed by atoms with E-state index in [4.69, 9.17) is 0 Å². The summed E-state index contributed by atoms with van der Waals surface area (Å²) in [6.45, 7) is 5.61. The van der Waals surface area contributed by atoms with Crippen LogP contribution in [0, 0.1) is 11.8 Å². The molecule has 5 heterocycles. The van der Waals surface area contributed by atoms with Gasteiger partial charge in [0.05, 0.1) is 6.33 Å². The lowest BCUT2D eigenvalue weighted by atomic mass is 10.0. The Morgan fingerprint density at radius 3 is 2.59 bits per heavy atom. The number of anilines is 1. The minimum Gasteiger partial charge on any atom is -0.356 e. The Balaban J connectivity index is 1.20. The highest BCUT2D eigenvalue weighted by atomic mass is 15.3. The Labute approximate surface area is 158 Å². The van der Waals surface area contributed by atoms with Gasteiger partial charge in [0.1, 0.15) is 12.1 Å². The Morgan fingerprint density at radius 2 is 1.89 bits per heavy atom. The summed E-state index contributed by atoms with van der Waals surface area (Å²) in [4.78, 5) is 18.1. The Morgan fingerprint density at radius 1 is 1.07 bits per heavy atom. The van der Waals surface area contributed by atoms with E-state index >= 15 is 0 Å². The molecule has 0 amide bonds. The molecule has 2 saturated heterocycles. The molecule has 2 fully saturated rings. The normalized spacial score (nSPS) is 22.5. The third kappa shape index (κ3) is 3.21. The van der Waals surface area contributed by atoms with Crippen LogP contribution in [-0.4, -0.2) is 66.9 Å². The molecule has 0 aromatic carbocycles. The average Bonchev–Trinajstić information content (AvgIpc) is 3.44. The molecule has 5 rings (SSSR count). The maximum Gasteiger partial charge on any atom is 0.158 e. The van der Waals surface area contributed by atoms with Crippen molar-refractivity contribution in [2.24, 2.45) is 18.9 Å². The maximum absolute atomic E-state index is 4.51. The molecule has 27 heavy (non-hydrogen) atoms. The van der Waals surface area contributed by atoms with Crippen molar-refractivity contribution in [2.75, 3.05) is 37.6 Å².